The highest BCUT2D eigenvalue weighted by molar-refractivity contribution is 8.14. The minimum Gasteiger partial charge on any atom is -0.463 e. The summed E-state index contributed by atoms with van der Waals surface area (Å²) in [6, 6.07) is 9.88. The first kappa shape index (κ1) is 17.3. The number of aliphatic imine (C=N–C) groups is 2. The number of hydrogen-bond acceptors (Lipinski definition) is 5. The molecule has 0 amide bonds. The molecular weight excluding hydrogens is 310 g/mol. The standard InChI is InChI=1S/C17H21N3O2S/c1-5-22-16(21)14-12(2)19-17(18-11-20(3)4)23-15(14)13-9-7-6-8-10-13/h6-11,15H,5H2,1-4H3/t15-/m0/s1. The lowest BCUT2D eigenvalue weighted by atomic mass is 10.0. The second-order valence-corrected chi connectivity index (χ2v) is 6.30. The minimum absolute atomic E-state index is 0.165. The van der Waals surface area contributed by atoms with Gasteiger partial charge in [-0.3, -0.25) is 0 Å². The summed E-state index contributed by atoms with van der Waals surface area (Å²) < 4.78 is 5.21. The monoisotopic (exact) mass is 331 g/mol. The fraction of sp³-hybridized carbons (Fsp3) is 0.353. The smallest absolute Gasteiger partial charge is 0.337 e. The topological polar surface area (TPSA) is 54.3 Å². The molecule has 5 nitrogen and oxygen atoms in total. The van der Waals surface area contributed by atoms with Gasteiger partial charge < -0.3 is 9.64 Å². The first-order valence-electron chi connectivity index (χ1n) is 7.41. The van der Waals surface area contributed by atoms with Crippen LogP contribution in [0.5, 0.6) is 0 Å². The molecule has 1 aliphatic heterocycles. The van der Waals surface area contributed by atoms with Crippen molar-refractivity contribution in [3.05, 3.63) is 47.2 Å². The van der Waals surface area contributed by atoms with E-state index >= 15 is 0 Å². The maximum absolute atomic E-state index is 12.4. The number of benzene rings is 1. The van der Waals surface area contributed by atoms with Crippen LogP contribution in [0.1, 0.15) is 24.7 Å². The zero-order valence-electron chi connectivity index (χ0n) is 13.8. The van der Waals surface area contributed by atoms with Crippen LogP contribution in [0.15, 0.2) is 51.6 Å². The molecule has 2 rings (SSSR count). The lowest BCUT2D eigenvalue weighted by Crippen LogP contribution is -2.19. The first-order chi connectivity index (χ1) is 11.0. The second kappa shape index (κ2) is 7.97. The van der Waals surface area contributed by atoms with Gasteiger partial charge in [-0.25, -0.2) is 14.8 Å². The number of thioether (sulfide) groups is 1. The Labute approximate surface area is 141 Å². The minimum atomic E-state index is -0.314. The predicted octanol–water partition coefficient (Wildman–Crippen LogP) is 3.26. The van der Waals surface area contributed by atoms with Crippen molar-refractivity contribution in [3.8, 4) is 0 Å². The van der Waals surface area contributed by atoms with Crippen LogP contribution < -0.4 is 0 Å². The highest BCUT2D eigenvalue weighted by atomic mass is 32.2. The van der Waals surface area contributed by atoms with Gasteiger partial charge in [0.25, 0.3) is 0 Å². The van der Waals surface area contributed by atoms with Crippen LogP contribution in [0, 0.1) is 0 Å². The number of carbonyl (C=O) groups is 1. The molecule has 0 N–H and O–H groups in total. The van der Waals surface area contributed by atoms with Gasteiger partial charge in [-0.15, -0.1) is 0 Å². The van der Waals surface area contributed by atoms with Crippen molar-refractivity contribution < 1.29 is 9.53 Å². The molecule has 23 heavy (non-hydrogen) atoms. The molecular formula is C17H21N3O2S. The zero-order valence-corrected chi connectivity index (χ0v) is 14.6. The number of hydrogen-bond donors (Lipinski definition) is 0. The van der Waals surface area contributed by atoms with E-state index in [9.17, 15) is 4.79 Å². The fourth-order valence-corrected chi connectivity index (χ4v) is 3.32. The van der Waals surface area contributed by atoms with Crippen LogP contribution >= 0.6 is 11.8 Å². The molecule has 1 aromatic rings. The van der Waals surface area contributed by atoms with Crippen molar-refractivity contribution in [2.75, 3.05) is 20.7 Å². The molecule has 122 valence electrons. The van der Waals surface area contributed by atoms with E-state index in [0.717, 1.165) is 5.56 Å². The molecule has 0 fully saturated rings. The Morgan fingerprint density at radius 3 is 2.70 bits per heavy atom. The Kier molecular flexibility index (Phi) is 5.98. The normalized spacial score (nSPS) is 18.1. The van der Waals surface area contributed by atoms with Crippen LogP contribution in [0.25, 0.3) is 0 Å². The van der Waals surface area contributed by atoms with Gasteiger partial charge in [0.1, 0.15) is 0 Å². The van der Waals surface area contributed by atoms with Gasteiger partial charge in [-0.05, 0) is 19.4 Å². The van der Waals surface area contributed by atoms with Gasteiger partial charge in [-0.1, -0.05) is 42.1 Å². The molecule has 0 radical (unpaired) electrons. The Balaban J connectivity index is 2.42. The molecule has 0 unspecified atom stereocenters. The Morgan fingerprint density at radius 2 is 2.09 bits per heavy atom. The molecule has 1 aliphatic rings. The summed E-state index contributed by atoms with van der Waals surface area (Å²) in [6.45, 7) is 3.97. The van der Waals surface area contributed by atoms with Crippen molar-refractivity contribution in [2.45, 2.75) is 19.1 Å². The van der Waals surface area contributed by atoms with Gasteiger partial charge in [0, 0.05) is 14.1 Å². The van der Waals surface area contributed by atoms with Crippen LogP contribution in [0.3, 0.4) is 0 Å². The quantitative estimate of drug-likeness (QED) is 0.483. The molecule has 0 bridgehead atoms. The molecule has 1 aromatic carbocycles. The van der Waals surface area contributed by atoms with E-state index in [1.165, 1.54) is 11.8 Å². The SMILES string of the molecule is CCOC(=O)C1=C(C)N=C(N=CN(C)C)S[C@H]1c1ccccc1. The van der Waals surface area contributed by atoms with E-state index in [0.29, 0.717) is 23.0 Å². The van der Waals surface area contributed by atoms with Gasteiger partial charge in [0.15, 0.2) is 5.17 Å². The summed E-state index contributed by atoms with van der Waals surface area (Å²) in [5.74, 6) is -0.314. The zero-order chi connectivity index (χ0) is 16.8. The second-order valence-electron chi connectivity index (χ2n) is 5.23. The summed E-state index contributed by atoms with van der Waals surface area (Å²) in [7, 11) is 3.80. The highest BCUT2D eigenvalue weighted by Crippen LogP contribution is 2.42. The molecule has 0 aromatic heterocycles. The summed E-state index contributed by atoms with van der Waals surface area (Å²) in [5.41, 5.74) is 2.28. The van der Waals surface area contributed by atoms with Crippen LogP contribution in [0.2, 0.25) is 0 Å². The molecule has 0 saturated heterocycles. The Morgan fingerprint density at radius 1 is 1.39 bits per heavy atom. The van der Waals surface area contributed by atoms with E-state index in [1.807, 2.05) is 56.3 Å². The van der Waals surface area contributed by atoms with Crippen molar-refractivity contribution >= 4 is 29.2 Å². The summed E-state index contributed by atoms with van der Waals surface area (Å²) >= 11 is 1.46. The Hall–Kier alpha value is -2.08. The van der Waals surface area contributed by atoms with Crippen molar-refractivity contribution in [2.24, 2.45) is 9.98 Å². The van der Waals surface area contributed by atoms with E-state index in [2.05, 4.69) is 9.98 Å². The van der Waals surface area contributed by atoms with Gasteiger partial charge in [0.05, 0.1) is 29.5 Å². The van der Waals surface area contributed by atoms with Gasteiger partial charge in [-0.2, -0.15) is 0 Å². The van der Waals surface area contributed by atoms with Crippen LogP contribution in [-0.2, 0) is 9.53 Å². The summed E-state index contributed by atoms with van der Waals surface area (Å²) in [4.78, 5) is 23.0. The Bertz CT molecular complexity index is 651. The number of amidine groups is 1. The van der Waals surface area contributed by atoms with E-state index < -0.39 is 0 Å². The average molecular weight is 331 g/mol. The highest BCUT2D eigenvalue weighted by Gasteiger charge is 2.31. The van der Waals surface area contributed by atoms with Crippen LogP contribution in [-0.4, -0.2) is 43.1 Å². The molecule has 1 heterocycles. The molecule has 0 aliphatic carbocycles. The third-order valence-corrected chi connectivity index (χ3v) is 4.29. The van der Waals surface area contributed by atoms with Crippen molar-refractivity contribution in [3.63, 3.8) is 0 Å². The maximum Gasteiger partial charge on any atom is 0.337 e. The lowest BCUT2D eigenvalue weighted by Gasteiger charge is -2.24. The summed E-state index contributed by atoms with van der Waals surface area (Å²) in [6.07, 6.45) is 1.70. The number of ether oxygens (including phenoxy) is 1. The van der Waals surface area contributed by atoms with Crippen molar-refractivity contribution in [1.82, 2.24) is 4.90 Å². The van der Waals surface area contributed by atoms with Crippen LogP contribution in [0.4, 0.5) is 0 Å². The molecule has 0 spiro atoms. The molecule has 1 atom stereocenters. The van der Waals surface area contributed by atoms with Gasteiger partial charge >= 0.3 is 5.97 Å². The van der Waals surface area contributed by atoms with E-state index in [4.69, 9.17) is 4.74 Å². The van der Waals surface area contributed by atoms with Crippen molar-refractivity contribution in [1.29, 1.82) is 0 Å². The first-order valence-corrected chi connectivity index (χ1v) is 8.29. The number of allylic oxidation sites excluding steroid dienone is 1. The molecule has 6 heteroatoms. The lowest BCUT2D eigenvalue weighted by molar-refractivity contribution is -0.138. The van der Waals surface area contributed by atoms with Gasteiger partial charge in [0.2, 0.25) is 0 Å². The fourth-order valence-electron chi connectivity index (χ4n) is 2.13. The van der Waals surface area contributed by atoms with E-state index in [1.54, 1.807) is 13.3 Å². The number of nitrogens with zero attached hydrogens (tertiary/aromatic N) is 3. The largest absolute Gasteiger partial charge is 0.463 e. The number of esters is 1. The number of carbonyl (C=O) groups excluding carboxylic acids is 1. The number of rotatable bonds is 4. The third-order valence-electron chi connectivity index (χ3n) is 3.14. The summed E-state index contributed by atoms with van der Waals surface area (Å²) in [5, 5.41) is 0.472. The van der Waals surface area contributed by atoms with E-state index in [-0.39, 0.29) is 11.2 Å². The average Bonchev–Trinajstić information content (AvgIpc) is 2.53. The third kappa shape index (κ3) is 4.45. The molecule has 0 saturated carbocycles. The maximum atomic E-state index is 12.4. The predicted molar refractivity (Wildman–Crippen MR) is 95.7 cm³/mol.